The van der Waals surface area contributed by atoms with Crippen LogP contribution in [0.5, 0.6) is 0 Å². The molecule has 0 aromatic rings. The zero-order valence-electron chi connectivity index (χ0n) is 8.50. The molecule has 0 aliphatic rings. The third kappa shape index (κ3) is 7.45. The molecule has 0 aromatic carbocycles. The Labute approximate surface area is 75.1 Å². The molecular weight excluding hydrogens is 150 g/mol. The predicted octanol–water partition coefficient (Wildman–Crippen LogP) is 2.33. The molecule has 0 amide bonds. The Morgan fingerprint density at radius 3 is 2.33 bits per heavy atom. The molecule has 0 saturated carbocycles. The number of carbonyl (C=O) groups excluding carboxylic acids is 1. The first-order chi connectivity index (χ1) is 5.52. The van der Waals surface area contributed by atoms with Crippen LogP contribution >= 0.6 is 0 Å². The average Bonchev–Trinajstić information content (AvgIpc) is 1.84. The summed E-state index contributed by atoms with van der Waals surface area (Å²) in [5, 5.41) is 0. The van der Waals surface area contributed by atoms with Gasteiger partial charge in [-0.25, -0.2) is 0 Å². The van der Waals surface area contributed by atoms with Crippen molar-refractivity contribution in [3.8, 4) is 0 Å². The number of hydrogen-bond donors (Lipinski definition) is 0. The SMILES string of the molecule is CC(C)C=NCC(=O)CC(C)C. The number of Topliss-reactive ketones (excluding diaryl/α,β-unsaturated/α-hetero) is 1. The van der Waals surface area contributed by atoms with Gasteiger partial charge in [0.05, 0.1) is 6.54 Å². The summed E-state index contributed by atoms with van der Waals surface area (Å²) in [5.74, 6) is 1.13. The van der Waals surface area contributed by atoms with Gasteiger partial charge in [0.15, 0.2) is 5.78 Å². The van der Waals surface area contributed by atoms with Crippen LogP contribution in [-0.2, 0) is 4.79 Å². The van der Waals surface area contributed by atoms with Crippen molar-refractivity contribution in [2.45, 2.75) is 34.1 Å². The van der Waals surface area contributed by atoms with E-state index in [1.807, 2.05) is 20.1 Å². The van der Waals surface area contributed by atoms with Crippen LogP contribution in [0.25, 0.3) is 0 Å². The summed E-state index contributed by atoms with van der Waals surface area (Å²) in [6.07, 6.45) is 2.48. The fourth-order valence-corrected chi connectivity index (χ4v) is 0.885. The minimum atomic E-state index is 0.238. The standard InChI is InChI=1S/C10H19NO/c1-8(2)5-10(12)7-11-6-9(3)4/h6,8-9H,5,7H2,1-4H3. The number of hydrogen-bond acceptors (Lipinski definition) is 2. The summed E-state index contributed by atoms with van der Waals surface area (Å²) < 4.78 is 0. The normalized spacial score (nSPS) is 11.8. The van der Waals surface area contributed by atoms with Gasteiger partial charge in [0.1, 0.15) is 0 Å². The largest absolute Gasteiger partial charge is 0.298 e. The van der Waals surface area contributed by atoms with Gasteiger partial charge in [-0.1, -0.05) is 27.7 Å². The van der Waals surface area contributed by atoms with Crippen molar-refractivity contribution >= 4 is 12.0 Å². The van der Waals surface area contributed by atoms with Crippen LogP contribution in [0.1, 0.15) is 34.1 Å². The van der Waals surface area contributed by atoms with E-state index in [4.69, 9.17) is 0 Å². The number of nitrogens with zero attached hydrogens (tertiary/aromatic N) is 1. The number of aliphatic imine (C=N–C) groups is 1. The van der Waals surface area contributed by atoms with E-state index in [0.717, 1.165) is 0 Å². The second kappa shape index (κ2) is 5.92. The highest BCUT2D eigenvalue weighted by molar-refractivity contribution is 5.82. The zero-order valence-corrected chi connectivity index (χ0v) is 8.50. The molecule has 0 bridgehead atoms. The summed E-state index contributed by atoms with van der Waals surface area (Å²) in [4.78, 5) is 15.2. The first-order valence-electron chi connectivity index (χ1n) is 4.54. The molecule has 0 fully saturated rings. The lowest BCUT2D eigenvalue weighted by Gasteiger charge is -2.00. The summed E-state index contributed by atoms with van der Waals surface area (Å²) in [7, 11) is 0. The van der Waals surface area contributed by atoms with E-state index in [0.29, 0.717) is 24.8 Å². The second-order valence-corrected chi connectivity index (χ2v) is 3.87. The van der Waals surface area contributed by atoms with E-state index in [9.17, 15) is 4.79 Å². The fourth-order valence-electron chi connectivity index (χ4n) is 0.885. The first kappa shape index (κ1) is 11.3. The van der Waals surface area contributed by atoms with Crippen molar-refractivity contribution < 1.29 is 4.79 Å². The van der Waals surface area contributed by atoms with Crippen molar-refractivity contribution in [3.05, 3.63) is 0 Å². The zero-order chi connectivity index (χ0) is 9.56. The van der Waals surface area contributed by atoms with Crippen molar-refractivity contribution in [2.24, 2.45) is 16.8 Å². The van der Waals surface area contributed by atoms with E-state index < -0.39 is 0 Å². The predicted molar refractivity (Wildman–Crippen MR) is 52.7 cm³/mol. The maximum atomic E-state index is 11.1. The van der Waals surface area contributed by atoms with Crippen LogP contribution in [0.2, 0.25) is 0 Å². The molecule has 0 heterocycles. The maximum absolute atomic E-state index is 11.1. The third-order valence-corrected chi connectivity index (χ3v) is 1.31. The Balaban J connectivity index is 3.57. The number of ketones is 1. The molecule has 0 N–H and O–H groups in total. The molecule has 0 radical (unpaired) electrons. The van der Waals surface area contributed by atoms with Gasteiger partial charge in [-0.3, -0.25) is 9.79 Å². The van der Waals surface area contributed by atoms with Crippen molar-refractivity contribution in [2.75, 3.05) is 6.54 Å². The van der Waals surface area contributed by atoms with E-state index in [1.165, 1.54) is 0 Å². The van der Waals surface area contributed by atoms with Gasteiger partial charge in [-0.2, -0.15) is 0 Å². The molecule has 0 aromatic heterocycles. The summed E-state index contributed by atoms with van der Waals surface area (Å²) in [5.41, 5.74) is 0. The van der Waals surface area contributed by atoms with E-state index in [1.54, 1.807) is 0 Å². The Bertz CT molecular complexity index is 159. The van der Waals surface area contributed by atoms with Crippen LogP contribution in [0.15, 0.2) is 4.99 Å². The van der Waals surface area contributed by atoms with Gasteiger partial charge in [-0.15, -0.1) is 0 Å². The summed E-state index contributed by atoms with van der Waals surface area (Å²) in [6.45, 7) is 8.55. The smallest absolute Gasteiger partial charge is 0.154 e. The maximum Gasteiger partial charge on any atom is 0.154 e. The molecule has 2 nitrogen and oxygen atoms in total. The first-order valence-corrected chi connectivity index (χ1v) is 4.54. The van der Waals surface area contributed by atoms with Gasteiger partial charge in [0.2, 0.25) is 0 Å². The highest BCUT2D eigenvalue weighted by Gasteiger charge is 2.02. The lowest BCUT2D eigenvalue weighted by atomic mass is 10.1. The molecule has 2 heteroatoms. The third-order valence-electron chi connectivity index (χ3n) is 1.31. The summed E-state index contributed by atoms with van der Waals surface area (Å²) >= 11 is 0. The highest BCUT2D eigenvalue weighted by Crippen LogP contribution is 1.99. The number of carbonyl (C=O) groups is 1. The van der Waals surface area contributed by atoms with E-state index in [2.05, 4.69) is 18.8 Å². The van der Waals surface area contributed by atoms with Gasteiger partial charge in [-0.05, 0) is 11.8 Å². The van der Waals surface area contributed by atoms with Crippen molar-refractivity contribution in [1.82, 2.24) is 0 Å². The lowest BCUT2D eigenvalue weighted by molar-refractivity contribution is -0.118. The molecular formula is C10H19NO. The molecule has 0 aliphatic carbocycles. The quantitative estimate of drug-likeness (QED) is 0.581. The number of rotatable bonds is 5. The van der Waals surface area contributed by atoms with Crippen molar-refractivity contribution in [3.63, 3.8) is 0 Å². The van der Waals surface area contributed by atoms with Crippen LogP contribution in [-0.4, -0.2) is 18.5 Å². The Hall–Kier alpha value is -0.660. The fraction of sp³-hybridized carbons (Fsp3) is 0.800. The molecule has 0 aliphatic heterocycles. The second-order valence-electron chi connectivity index (χ2n) is 3.87. The van der Waals surface area contributed by atoms with Crippen LogP contribution in [0.3, 0.4) is 0 Å². The monoisotopic (exact) mass is 169 g/mol. The Kier molecular flexibility index (Phi) is 5.60. The van der Waals surface area contributed by atoms with Gasteiger partial charge in [0, 0.05) is 12.6 Å². The molecule has 12 heavy (non-hydrogen) atoms. The van der Waals surface area contributed by atoms with E-state index in [-0.39, 0.29) is 5.78 Å². The molecule has 0 atom stereocenters. The van der Waals surface area contributed by atoms with Crippen LogP contribution in [0, 0.1) is 11.8 Å². The minimum Gasteiger partial charge on any atom is -0.298 e. The molecule has 0 unspecified atom stereocenters. The van der Waals surface area contributed by atoms with Crippen LogP contribution < -0.4 is 0 Å². The van der Waals surface area contributed by atoms with E-state index >= 15 is 0 Å². The lowest BCUT2D eigenvalue weighted by Crippen LogP contribution is -2.06. The van der Waals surface area contributed by atoms with Crippen molar-refractivity contribution in [1.29, 1.82) is 0 Å². The minimum absolute atomic E-state index is 0.238. The molecule has 0 saturated heterocycles. The Morgan fingerprint density at radius 2 is 1.92 bits per heavy atom. The van der Waals surface area contributed by atoms with Crippen LogP contribution in [0.4, 0.5) is 0 Å². The Morgan fingerprint density at radius 1 is 1.33 bits per heavy atom. The van der Waals surface area contributed by atoms with Gasteiger partial charge < -0.3 is 0 Å². The topological polar surface area (TPSA) is 29.4 Å². The summed E-state index contributed by atoms with van der Waals surface area (Å²) in [6, 6.07) is 0. The highest BCUT2D eigenvalue weighted by atomic mass is 16.1. The molecule has 0 spiro atoms. The molecule has 70 valence electrons. The molecule has 0 rings (SSSR count). The average molecular weight is 169 g/mol. The van der Waals surface area contributed by atoms with Gasteiger partial charge in [0.25, 0.3) is 0 Å². The van der Waals surface area contributed by atoms with Gasteiger partial charge >= 0.3 is 0 Å².